The molecule has 0 bridgehead atoms. The van der Waals surface area contributed by atoms with Gasteiger partial charge in [-0.05, 0) is 6.07 Å². The van der Waals surface area contributed by atoms with Gasteiger partial charge >= 0.3 is 0 Å². The monoisotopic (exact) mass is 179 g/mol. The molecule has 1 N–H and O–H groups in total. The molecule has 0 aromatic heterocycles. The number of para-hydroxylation sites is 1. The highest BCUT2D eigenvalue weighted by atomic mass is 19.1. The van der Waals surface area contributed by atoms with Crippen LogP contribution in [0.15, 0.2) is 24.3 Å². The minimum atomic E-state index is -1.24. The zero-order chi connectivity index (χ0) is 9.68. The molecule has 0 saturated carbocycles. The third-order valence-corrected chi connectivity index (χ3v) is 1.77. The Hall–Kier alpha value is -1.56. The number of nitrogens with zero attached hydrogens (tertiary/aromatic N) is 1. The predicted molar refractivity (Wildman–Crippen MR) is 48.0 cm³/mol. The van der Waals surface area contributed by atoms with E-state index in [0.717, 1.165) is 0 Å². The van der Waals surface area contributed by atoms with Gasteiger partial charge in [0.25, 0.3) is 0 Å². The molecule has 1 aromatic rings. The van der Waals surface area contributed by atoms with E-state index in [-0.39, 0.29) is 24.3 Å². The fraction of sp³-hybridized carbons (Fsp3) is 0.300. The summed E-state index contributed by atoms with van der Waals surface area (Å²) in [5.74, 6) is -0.0417. The molecule has 1 rings (SSSR count). The minimum Gasteiger partial charge on any atom is -0.508 e. The molecule has 13 heavy (non-hydrogen) atoms. The lowest BCUT2D eigenvalue weighted by atomic mass is 10.1. The lowest BCUT2D eigenvalue weighted by molar-refractivity contribution is 0.320. The highest BCUT2D eigenvalue weighted by Crippen LogP contribution is 2.28. The summed E-state index contributed by atoms with van der Waals surface area (Å²) in [4.78, 5) is 3.06. The summed E-state index contributed by atoms with van der Waals surface area (Å²) in [6.07, 6.45) is -1.10. The van der Waals surface area contributed by atoms with Gasteiger partial charge in [-0.3, -0.25) is 0 Å². The summed E-state index contributed by atoms with van der Waals surface area (Å²) in [6, 6.07) is 6.28. The van der Waals surface area contributed by atoms with Crippen LogP contribution in [0, 0.1) is 6.57 Å². The van der Waals surface area contributed by atoms with Gasteiger partial charge < -0.3 is 9.95 Å². The summed E-state index contributed by atoms with van der Waals surface area (Å²) in [6.45, 7) is 6.66. The predicted octanol–water partition coefficient (Wildman–Crippen LogP) is 2.71. The topological polar surface area (TPSA) is 24.6 Å². The Morgan fingerprint density at radius 2 is 2.15 bits per heavy atom. The Bertz CT molecular complexity index is 319. The smallest absolute Gasteiger partial charge is 0.217 e. The Kier molecular flexibility index (Phi) is 3.27. The SMILES string of the molecule is [C-]#[N+]CCC(F)c1ccccc1O. The maximum atomic E-state index is 13.3. The lowest BCUT2D eigenvalue weighted by Gasteiger charge is -2.06. The zero-order valence-electron chi connectivity index (χ0n) is 7.07. The van der Waals surface area contributed by atoms with Crippen molar-refractivity contribution in [2.75, 3.05) is 6.54 Å². The van der Waals surface area contributed by atoms with Crippen molar-refractivity contribution in [2.45, 2.75) is 12.6 Å². The van der Waals surface area contributed by atoms with Crippen LogP contribution in [-0.4, -0.2) is 11.7 Å². The molecule has 0 amide bonds. The molecule has 3 heteroatoms. The highest BCUT2D eigenvalue weighted by Gasteiger charge is 2.14. The number of benzene rings is 1. The fourth-order valence-electron chi connectivity index (χ4n) is 1.09. The van der Waals surface area contributed by atoms with Crippen LogP contribution in [0.3, 0.4) is 0 Å². The molecular formula is C10H10FNO. The summed E-state index contributed by atoms with van der Waals surface area (Å²) < 4.78 is 13.3. The summed E-state index contributed by atoms with van der Waals surface area (Å²) in [5.41, 5.74) is 0.270. The largest absolute Gasteiger partial charge is 0.508 e. The first-order valence-electron chi connectivity index (χ1n) is 4.01. The van der Waals surface area contributed by atoms with E-state index in [4.69, 9.17) is 6.57 Å². The lowest BCUT2D eigenvalue weighted by Crippen LogP contribution is -1.93. The van der Waals surface area contributed by atoms with Gasteiger partial charge in [0.15, 0.2) is 0 Å². The van der Waals surface area contributed by atoms with E-state index in [2.05, 4.69) is 4.85 Å². The van der Waals surface area contributed by atoms with Crippen molar-refractivity contribution < 1.29 is 9.50 Å². The van der Waals surface area contributed by atoms with Crippen LogP contribution in [0.25, 0.3) is 4.85 Å². The Labute approximate surface area is 76.5 Å². The number of aromatic hydroxyl groups is 1. The third-order valence-electron chi connectivity index (χ3n) is 1.77. The zero-order valence-corrected chi connectivity index (χ0v) is 7.07. The molecular weight excluding hydrogens is 169 g/mol. The van der Waals surface area contributed by atoms with E-state index in [1.165, 1.54) is 12.1 Å². The number of rotatable bonds is 3. The second kappa shape index (κ2) is 4.46. The summed E-state index contributed by atoms with van der Waals surface area (Å²) >= 11 is 0. The van der Waals surface area contributed by atoms with Crippen LogP contribution in [0.2, 0.25) is 0 Å². The van der Waals surface area contributed by atoms with Gasteiger partial charge in [0, 0.05) is 5.56 Å². The standard InChI is InChI=1S/C10H10FNO/c1-12-7-6-9(11)8-4-2-3-5-10(8)13/h2-5,9,13H,6-7H2. The van der Waals surface area contributed by atoms with Crippen molar-refractivity contribution in [2.24, 2.45) is 0 Å². The number of phenolic OH excluding ortho intramolecular Hbond substituents is 1. The first-order chi connectivity index (χ1) is 6.25. The first kappa shape index (κ1) is 9.53. The maximum Gasteiger partial charge on any atom is 0.217 e. The van der Waals surface area contributed by atoms with Crippen molar-refractivity contribution in [1.82, 2.24) is 0 Å². The molecule has 0 aliphatic carbocycles. The molecule has 1 atom stereocenters. The maximum absolute atomic E-state index is 13.3. The van der Waals surface area contributed by atoms with Gasteiger partial charge in [0.1, 0.15) is 11.9 Å². The molecule has 0 spiro atoms. The summed E-state index contributed by atoms with van der Waals surface area (Å²) in [7, 11) is 0. The second-order valence-electron chi connectivity index (χ2n) is 2.70. The summed E-state index contributed by atoms with van der Waals surface area (Å²) in [5, 5.41) is 9.26. The second-order valence-corrected chi connectivity index (χ2v) is 2.70. The quantitative estimate of drug-likeness (QED) is 0.709. The molecule has 1 aromatic carbocycles. The fourth-order valence-corrected chi connectivity index (χ4v) is 1.09. The van der Waals surface area contributed by atoms with Gasteiger partial charge in [0.05, 0.1) is 6.42 Å². The van der Waals surface area contributed by atoms with E-state index >= 15 is 0 Å². The number of alkyl halides is 1. The van der Waals surface area contributed by atoms with Crippen molar-refractivity contribution in [3.05, 3.63) is 41.2 Å². The van der Waals surface area contributed by atoms with Gasteiger partial charge in [-0.25, -0.2) is 11.0 Å². The molecule has 2 nitrogen and oxygen atoms in total. The van der Waals surface area contributed by atoms with Crippen molar-refractivity contribution in [1.29, 1.82) is 0 Å². The van der Waals surface area contributed by atoms with Gasteiger partial charge in [-0.2, -0.15) is 0 Å². The number of phenols is 1. The first-order valence-corrected chi connectivity index (χ1v) is 4.01. The van der Waals surface area contributed by atoms with Crippen molar-refractivity contribution in [3.8, 4) is 5.75 Å². The van der Waals surface area contributed by atoms with Crippen molar-refractivity contribution in [3.63, 3.8) is 0 Å². The van der Waals surface area contributed by atoms with E-state index in [1.54, 1.807) is 12.1 Å². The average Bonchev–Trinajstić information content (AvgIpc) is 2.15. The molecule has 0 heterocycles. The molecule has 0 fully saturated rings. The van der Waals surface area contributed by atoms with Crippen LogP contribution >= 0.6 is 0 Å². The van der Waals surface area contributed by atoms with E-state index in [1.807, 2.05) is 0 Å². The van der Waals surface area contributed by atoms with E-state index < -0.39 is 6.17 Å². The Morgan fingerprint density at radius 3 is 2.77 bits per heavy atom. The van der Waals surface area contributed by atoms with E-state index in [0.29, 0.717) is 0 Å². The third kappa shape index (κ3) is 2.45. The minimum absolute atomic E-state index is 0.0417. The molecule has 1 unspecified atom stereocenters. The highest BCUT2D eigenvalue weighted by molar-refractivity contribution is 5.33. The van der Waals surface area contributed by atoms with Gasteiger partial charge in [-0.15, -0.1) is 0 Å². The number of hydrogen-bond acceptors (Lipinski definition) is 1. The molecule has 68 valence electrons. The van der Waals surface area contributed by atoms with Crippen LogP contribution in [0.1, 0.15) is 18.2 Å². The molecule has 0 radical (unpaired) electrons. The average molecular weight is 179 g/mol. The van der Waals surface area contributed by atoms with E-state index in [9.17, 15) is 9.50 Å². The number of hydrogen-bond donors (Lipinski definition) is 1. The van der Waals surface area contributed by atoms with Gasteiger partial charge in [0.2, 0.25) is 6.54 Å². The molecule has 0 aliphatic rings. The van der Waals surface area contributed by atoms with Crippen LogP contribution in [0.4, 0.5) is 4.39 Å². The van der Waals surface area contributed by atoms with Crippen molar-refractivity contribution >= 4 is 0 Å². The van der Waals surface area contributed by atoms with Crippen LogP contribution in [-0.2, 0) is 0 Å². The van der Waals surface area contributed by atoms with Gasteiger partial charge in [-0.1, -0.05) is 18.2 Å². The van der Waals surface area contributed by atoms with Crippen LogP contribution in [0.5, 0.6) is 5.75 Å². The van der Waals surface area contributed by atoms with Crippen LogP contribution < -0.4 is 0 Å². The molecule has 0 aliphatic heterocycles. The Morgan fingerprint density at radius 1 is 1.46 bits per heavy atom. The Balaban J connectivity index is 2.72. The molecule has 0 saturated heterocycles. The normalized spacial score (nSPS) is 12.0. The number of halogens is 1.